The van der Waals surface area contributed by atoms with Crippen LogP contribution in [0.15, 0.2) is 60.3 Å². The Hall–Kier alpha value is -1.64. The van der Waals surface area contributed by atoms with E-state index in [1.165, 1.54) is 11.8 Å². The van der Waals surface area contributed by atoms with Crippen LogP contribution in [0.1, 0.15) is 11.4 Å². The van der Waals surface area contributed by atoms with Crippen LogP contribution in [0.3, 0.4) is 0 Å². The van der Waals surface area contributed by atoms with Gasteiger partial charge in [-0.15, -0.1) is 28.5 Å². The molecule has 0 saturated carbocycles. The molecule has 31 heavy (non-hydrogen) atoms. The highest BCUT2D eigenvalue weighted by molar-refractivity contribution is 7.99. The maximum absolute atomic E-state index is 12.3. The zero-order chi connectivity index (χ0) is 22.2. The molecule has 1 N–H and O–H groups in total. The van der Waals surface area contributed by atoms with Crippen molar-refractivity contribution in [3.05, 3.63) is 81.6 Å². The second-order valence-electron chi connectivity index (χ2n) is 6.37. The van der Waals surface area contributed by atoms with Crippen molar-refractivity contribution in [1.82, 2.24) is 14.8 Å². The van der Waals surface area contributed by atoms with Gasteiger partial charge in [0.15, 0.2) is 5.16 Å². The third-order valence-electron chi connectivity index (χ3n) is 4.05. The van der Waals surface area contributed by atoms with Gasteiger partial charge in [-0.3, -0.25) is 4.79 Å². The molecule has 3 rings (SSSR count). The molecule has 0 aliphatic heterocycles. The lowest BCUT2D eigenvalue weighted by molar-refractivity contribution is -0.113. The first kappa shape index (κ1) is 24.0. The predicted octanol–water partition coefficient (Wildman–Crippen LogP) is 6.59. The van der Waals surface area contributed by atoms with Gasteiger partial charge in [-0.25, -0.2) is 0 Å². The lowest BCUT2D eigenvalue weighted by Crippen LogP contribution is -2.14. The van der Waals surface area contributed by atoms with Gasteiger partial charge in [0.05, 0.1) is 11.5 Å². The quantitative estimate of drug-likeness (QED) is 0.245. The summed E-state index contributed by atoms with van der Waals surface area (Å²) in [5.74, 6) is 2.24. The van der Waals surface area contributed by atoms with Crippen LogP contribution in [0, 0.1) is 0 Å². The van der Waals surface area contributed by atoms with Crippen LogP contribution in [0.5, 0.6) is 0 Å². The second kappa shape index (κ2) is 11.8. The number of allylic oxidation sites excluding steroid dienone is 1. The Bertz CT molecular complexity index is 1070. The summed E-state index contributed by atoms with van der Waals surface area (Å²) < 4.78 is 1.96. The van der Waals surface area contributed by atoms with Gasteiger partial charge in [0.25, 0.3) is 0 Å². The van der Waals surface area contributed by atoms with Crippen molar-refractivity contribution >= 4 is 69.9 Å². The SMILES string of the molecule is C=CCn1c(CSCc2ccc(Cl)cc2Cl)nnc1SCC(=O)Nc1cccc(Cl)c1. The molecule has 0 fully saturated rings. The second-order valence-corrected chi connectivity index (χ2v) is 9.58. The number of thioether (sulfide) groups is 2. The fourth-order valence-electron chi connectivity index (χ4n) is 2.63. The fourth-order valence-corrected chi connectivity index (χ4v) is 5.11. The highest BCUT2D eigenvalue weighted by atomic mass is 35.5. The molecule has 0 bridgehead atoms. The molecule has 3 aromatic rings. The summed E-state index contributed by atoms with van der Waals surface area (Å²) in [6.07, 6.45) is 1.78. The highest BCUT2D eigenvalue weighted by Gasteiger charge is 2.14. The summed E-state index contributed by atoms with van der Waals surface area (Å²) in [6, 6.07) is 12.5. The van der Waals surface area contributed by atoms with Gasteiger partial charge in [-0.1, -0.05) is 64.8 Å². The van der Waals surface area contributed by atoms with E-state index in [0.717, 1.165) is 17.1 Å². The summed E-state index contributed by atoms with van der Waals surface area (Å²) in [5.41, 5.74) is 1.67. The smallest absolute Gasteiger partial charge is 0.234 e. The zero-order valence-electron chi connectivity index (χ0n) is 16.4. The van der Waals surface area contributed by atoms with Crippen molar-refractivity contribution < 1.29 is 4.79 Å². The first-order valence-electron chi connectivity index (χ1n) is 9.19. The van der Waals surface area contributed by atoms with E-state index in [1.54, 1.807) is 48.2 Å². The summed E-state index contributed by atoms with van der Waals surface area (Å²) >= 11 is 21.1. The van der Waals surface area contributed by atoms with Crippen molar-refractivity contribution in [2.75, 3.05) is 11.1 Å². The number of rotatable bonds is 10. The van der Waals surface area contributed by atoms with Crippen molar-refractivity contribution in [3.63, 3.8) is 0 Å². The van der Waals surface area contributed by atoms with Crippen LogP contribution < -0.4 is 5.32 Å². The monoisotopic (exact) mass is 512 g/mol. The fraction of sp³-hybridized carbons (Fsp3) is 0.190. The van der Waals surface area contributed by atoms with E-state index in [9.17, 15) is 4.79 Å². The standard InChI is InChI=1S/C21H19Cl3N4OS2/c1-2-8-28-19(12-30-11-14-6-7-16(23)10-18(14)24)26-27-21(28)31-13-20(29)25-17-5-3-4-15(22)9-17/h2-7,9-10H,1,8,11-13H2,(H,25,29). The topological polar surface area (TPSA) is 59.8 Å². The van der Waals surface area contributed by atoms with E-state index in [-0.39, 0.29) is 11.7 Å². The number of carbonyl (C=O) groups is 1. The van der Waals surface area contributed by atoms with E-state index < -0.39 is 0 Å². The number of nitrogens with zero attached hydrogens (tertiary/aromatic N) is 3. The molecular weight excluding hydrogens is 495 g/mol. The minimum Gasteiger partial charge on any atom is -0.325 e. The predicted molar refractivity (Wildman–Crippen MR) is 132 cm³/mol. The van der Waals surface area contributed by atoms with Crippen molar-refractivity contribution in [3.8, 4) is 0 Å². The Kier molecular flexibility index (Phi) is 9.16. The number of carbonyl (C=O) groups excluding carboxylic acids is 1. The lowest BCUT2D eigenvalue weighted by Gasteiger charge is -2.09. The van der Waals surface area contributed by atoms with Gasteiger partial charge >= 0.3 is 0 Å². The Morgan fingerprint density at radius 2 is 1.90 bits per heavy atom. The van der Waals surface area contributed by atoms with Crippen molar-refractivity contribution in [2.24, 2.45) is 0 Å². The molecule has 0 atom stereocenters. The minimum absolute atomic E-state index is 0.145. The molecule has 5 nitrogen and oxygen atoms in total. The summed E-state index contributed by atoms with van der Waals surface area (Å²) in [6.45, 7) is 4.37. The molecule has 1 aromatic heterocycles. The Balaban J connectivity index is 1.57. The van der Waals surface area contributed by atoms with Gasteiger partial charge in [-0.2, -0.15) is 0 Å². The number of anilines is 1. The summed E-state index contributed by atoms with van der Waals surface area (Å²) in [7, 11) is 0. The van der Waals surface area contributed by atoms with Gasteiger partial charge in [0.2, 0.25) is 5.91 Å². The van der Waals surface area contributed by atoms with Crippen LogP contribution in [0.2, 0.25) is 15.1 Å². The van der Waals surface area contributed by atoms with E-state index in [4.69, 9.17) is 34.8 Å². The molecule has 162 valence electrons. The average molecular weight is 514 g/mol. The molecule has 0 aliphatic carbocycles. The average Bonchev–Trinajstić information content (AvgIpc) is 3.10. The van der Waals surface area contributed by atoms with Crippen LogP contribution >= 0.6 is 58.3 Å². The molecule has 1 amide bonds. The Morgan fingerprint density at radius 1 is 1.10 bits per heavy atom. The summed E-state index contributed by atoms with van der Waals surface area (Å²) in [5, 5.41) is 13.9. The van der Waals surface area contributed by atoms with Gasteiger partial charge in [-0.05, 0) is 35.9 Å². The molecular formula is C21H19Cl3N4OS2. The molecule has 0 radical (unpaired) electrons. The molecule has 0 aliphatic rings. The highest BCUT2D eigenvalue weighted by Crippen LogP contribution is 2.27. The van der Waals surface area contributed by atoms with E-state index in [1.807, 2.05) is 16.7 Å². The van der Waals surface area contributed by atoms with Crippen LogP contribution in [-0.2, 0) is 22.8 Å². The third kappa shape index (κ3) is 7.19. The van der Waals surface area contributed by atoms with Gasteiger partial charge in [0, 0.05) is 33.1 Å². The van der Waals surface area contributed by atoms with Crippen LogP contribution in [-0.4, -0.2) is 26.4 Å². The van der Waals surface area contributed by atoms with E-state index >= 15 is 0 Å². The first-order chi connectivity index (χ1) is 15.0. The zero-order valence-corrected chi connectivity index (χ0v) is 20.3. The molecule has 0 saturated heterocycles. The summed E-state index contributed by atoms with van der Waals surface area (Å²) in [4.78, 5) is 12.3. The van der Waals surface area contributed by atoms with Gasteiger partial charge < -0.3 is 9.88 Å². The number of hydrogen-bond donors (Lipinski definition) is 1. The van der Waals surface area contributed by atoms with Crippen LogP contribution in [0.25, 0.3) is 0 Å². The molecule has 1 heterocycles. The lowest BCUT2D eigenvalue weighted by atomic mass is 10.2. The van der Waals surface area contributed by atoms with E-state index in [2.05, 4.69) is 22.1 Å². The number of nitrogens with one attached hydrogen (secondary N) is 1. The number of halogens is 3. The number of amides is 1. The molecule has 0 unspecified atom stereocenters. The van der Waals surface area contributed by atoms with E-state index in [0.29, 0.717) is 38.2 Å². The molecule has 0 spiro atoms. The van der Waals surface area contributed by atoms with Crippen molar-refractivity contribution in [1.29, 1.82) is 0 Å². The van der Waals surface area contributed by atoms with Gasteiger partial charge in [0.1, 0.15) is 5.82 Å². The third-order valence-corrected chi connectivity index (χ3v) is 6.82. The Labute approximate surface area is 204 Å². The molecule has 10 heteroatoms. The normalized spacial score (nSPS) is 10.8. The van der Waals surface area contributed by atoms with Crippen LogP contribution in [0.4, 0.5) is 5.69 Å². The maximum Gasteiger partial charge on any atom is 0.234 e. The number of benzene rings is 2. The number of hydrogen-bond acceptors (Lipinski definition) is 5. The molecule has 2 aromatic carbocycles. The first-order valence-corrected chi connectivity index (χ1v) is 12.5. The maximum atomic E-state index is 12.3. The largest absolute Gasteiger partial charge is 0.325 e. The minimum atomic E-state index is -0.145. The Morgan fingerprint density at radius 3 is 2.65 bits per heavy atom. The number of aromatic nitrogens is 3. The van der Waals surface area contributed by atoms with Crippen molar-refractivity contribution in [2.45, 2.75) is 23.2 Å².